The molecule has 1 aliphatic rings. The Kier molecular flexibility index (Phi) is 2.27. The molecule has 2 N–H and O–H groups in total. The number of aryl methyl sites for hydroxylation is 1. The van der Waals surface area contributed by atoms with Gasteiger partial charge in [0.25, 0.3) is 5.69 Å². The summed E-state index contributed by atoms with van der Waals surface area (Å²) in [5.74, 6) is 0.326. The molecule has 0 radical (unpaired) electrons. The molecule has 1 fully saturated rings. The smallest absolute Gasteiger partial charge is 0.272 e. The summed E-state index contributed by atoms with van der Waals surface area (Å²) < 4.78 is 0. The molecule has 1 aliphatic carbocycles. The number of hydrogen-bond acceptors (Lipinski definition) is 3. The fourth-order valence-corrected chi connectivity index (χ4v) is 2.39. The van der Waals surface area contributed by atoms with Crippen molar-refractivity contribution in [1.29, 1.82) is 0 Å². The maximum atomic E-state index is 10.7. The molecule has 1 aromatic carbocycles. The van der Waals surface area contributed by atoms with E-state index in [1.165, 1.54) is 0 Å². The number of hydrogen-bond donors (Lipinski definition) is 1. The maximum absolute atomic E-state index is 10.7. The van der Waals surface area contributed by atoms with E-state index in [1.807, 2.05) is 12.1 Å². The van der Waals surface area contributed by atoms with E-state index in [9.17, 15) is 10.1 Å². The molecule has 2 atom stereocenters. The lowest BCUT2D eigenvalue weighted by molar-refractivity contribution is -0.385. The standard InChI is InChI=1S/C12H16N2O2/c1-7-6-8(4-5-9(7)14(15)16)10-11(13)12(10,2)3/h4-6,10-11H,13H2,1-3H3/t10-,11-/m0/s1. The third kappa shape index (κ3) is 1.50. The second-order valence-corrected chi connectivity index (χ2v) is 5.13. The Hall–Kier alpha value is -1.42. The Morgan fingerprint density at radius 1 is 1.44 bits per heavy atom. The fraction of sp³-hybridized carbons (Fsp3) is 0.500. The van der Waals surface area contributed by atoms with Gasteiger partial charge in [-0.1, -0.05) is 19.9 Å². The van der Waals surface area contributed by atoms with Crippen LogP contribution in [0, 0.1) is 22.5 Å². The van der Waals surface area contributed by atoms with Gasteiger partial charge in [0, 0.05) is 23.6 Å². The van der Waals surface area contributed by atoms with Gasteiger partial charge in [-0.15, -0.1) is 0 Å². The minimum Gasteiger partial charge on any atom is -0.327 e. The van der Waals surface area contributed by atoms with Crippen molar-refractivity contribution in [2.45, 2.75) is 32.7 Å². The van der Waals surface area contributed by atoms with E-state index in [2.05, 4.69) is 13.8 Å². The molecule has 4 nitrogen and oxygen atoms in total. The van der Waals surface area contributed by atoms with Crippen molar-refractivity contribution in [3.63, 3.8) is 0 Å². The first-order chi connectivity index (χ1) is 7.35. The summed E-state index contributed by atoms with van der Waals surface area (Å²) in [4.78, 5) is 10.3. The lowest BCUT2D eigenvalue weighted by Gasteiger charge is -2.04. The highest BCUT2D eigenvalue weighted by molar-refractivity contribution is 5.46. The van der Waals surface area contributed by atoms with Gasteiger partial charge in [-0.25, -0.2) is 0 Å². The summed E-state index contributed by atoms with van der Waals surface area (Å²) in [7, 11) is 0. The largest absolute Gasteiger partial charge is 0.327 e. The van der Waals surface area contributed by atoms with E-state index >= 15 is 0 Å². The minimum atomic E-state index is -0.350. The highest BCUT2D eigenvalue weighted by atomic mass is 16.6. The third-order valence-corrected chi connectivity index (χ3v) is 3.69. The van der Waals surface area contributed by atoms with Gasteiger partial charge in [0.15, 0.2) is 0 Å². The molecule has 16 heavy (non-hydrogen) atoms. The predicted molar refractivity (Wildman–Crippen MR) is 62.3 cm³/mol. The minimum absolute atomic E-state index is 0.114. The van der Waals surface area contributed by atoms with Crippen LogP contribution in [0.3, 0.4) is 0 Å². The lowest BCUT2D eigenvalue weighted by Crippen LogP contribution is -2.06. The number of nitro benzene ring substituents is 1. The van der Waals surface area contributed by atoms with Crippen molar-refractivity contribution in [2.75, 3.05) is 0 Å². The first-order valence-corrected chi connectivity index (χ1v) is 5.36. The van der Waals surface area contributed by atoms with Crippen molar-refractivity contribution < 1.29 is 4.92 Å². The molecular formula is C12H16N2O2. The zero-order chi connectivity index (χ0) is 12.1. The summed E-state index contributed by atoms with van der Waals surface area (Å²) in [5.41, 5.74) is 8.10. The molecule has 1 aromatic rings. The molecule has 1 saturated carbocycles. The van der Waals surface area contributed by atoms with Crippen LogP contribution < -0.4 is 5.73 Å². The normalized spacial score (nSPS) is 26.5. The first-order valence-electron chi connectivity index (χ1n) is 5.36. The number of nitro groups is 1. The van der Waals surface area contributed by atoms with Crippen LogP contribution in [0.1, 0.15) is 30.9 Å². The van der Waals surface area contributed by atoms with Gasteiger partial charge in [0.1, 0.15) is 0 Å². The zero-order valence-electron chi connectivity index (χ0n) is 9.73. The number of benzene rings is 1. The molecular weight excluding hydrogens is 204 g/mol. The lowest BCUT2D eigenvalue weighted by atomic mass is 10.0. The predicted octanol–water partition coefficient (Wildman–Crippen LogP) is 2.35. The Balaban J connectivity index is 2.33. The SMILES string of the molecule is Cc1cc([C@H]2[C@H](N)C2(C)C)ccc1[N+](=O)[O-]. The number of nitrogens with zero attached hydrogens (tertiary/aromatic N) is 1. The van der Waals surface area contributed by atoms with Gasteiger partial charge < -0.3 is 5.73 Å². The van der Waals surface area contributed by atoms with Crippen molar-refractivity contribution in [3.8, 4) is 0 Å². The van der Waals surface area contributed by atoms with Crippen molar-refractivity contribution in [3.05, 3.63) is 39.4 Å². The molecule has 0 heterocycles. The van der Waals surface area contributed by atoms with E-state index in [0.29, 0.717) is 11.5 Å². The number of rotatable bonds is 2. The zero-order valence-corrected chi connectivity index (χ0v) is 9.73. The van der Waals surface area contributed by atoms with E-state index < -0.39 is 0 Å². The average molecular weight is 220 g/mol. The summed E-state index contributed by atoms with van der Waals surface area (Å²) in [6.07, 6.45) is 0. The van der Waals surface area contributed by atoms with Gasteiger partial charge in [0.2, 0.25) is 0 Å². The monoisotopic (exact) mass is 220 g/mol. The second kappa shape index (κ2) is 3.28. The quantitative estimate of drug-likeness (QED) is 0.614. The van der Waals surface area contributed by atoms with Gasteiger partial charge in [-0.05, 0) is 24.0 Å². The Bertz CT molecular complexity index is 454. The van der Waals surface area contributed by atoms with Crippen LogP contribution in [0.5, 0.6) is 0 Å². The van der Waals surface area contributed by atoms with E-state index in [1.54, 1.807) is 13.0 Å². The van der Waals surface area contributed by atoms with Gasteiger partial charge in [-0.2, -0.15) is 0 Å². The molecule has 0 aliphatic heterocycles. The molecule has 0 aromatic heterocycles. The first kappa shape index (κ1) is 11.1. The highest BCUT2D eigenvalue weighted by Gasteiger charge is 2.56. The molecule has 0 amide bonds. The summed E-state index contributed by atoms with van der Waals surface area (Å²) in [6, 6.07) is 5.45. The van der Waals surface area contributed by atoms with Crippen molar-refractivity contribution >= 4 is 5.69 Å². The van der Waals surface area contributed by atoms with E-state index in [0.717, 1.165) is 5.56 Å². The van der Waals surface area contributed by atoms with Crippen LogP contribution in [-0.4, -0.2) is 11.0 Å². The summed E-state index contributed by atoms with van der Waals surface area (Å²) in [6.45, 7) is 6.01. The van der Waals surface area contributed by atoms with Gasteiger partial charge in [-0.3, -0.25) is 10.1 Å². The van der Waals surface area contributed by atoms with Crippen LogP contribution in [0.2, 0.25) is 0 Å². The Morgan fingerprint density at radius 3 is 2.38 bits per heavy atom. The van der Waals surface area contributed by atoms with Crippen molar-refractivity contribution in [2.24, 2.45) is 11.1 Å². The average Bonchev–Trinajstić information content (AvgIpc) is 2.65. The van der Waals surface area contributed by atoms with Crippen LogP contribution >= 0.6 is 0 Å². The van der Waals surface area contributed by atoms with Gasteiger partial charge >= 0.3 is 0 Å². The van der Waals surface area contributed by atoms with E-state index in [-0.39, 0.29) is 22.1 Å². The topological polar surface area (TPSA) is 69.2 Å². The Labute approximate surface area is 94.6 Å². The fourth-order valence-electron chi connectivity index (χ4n) is 2.39. The van der Waals surface area contributed by atoms with Crippen LogP contribution in [0.15, 0.2) is 18.2 Å². The Morgan fingerprint density at radius 2 is 2.00 bits per heavy atom. The van der Waals surface area contributed by atoms with Crippen LogP contribution in [0.4, 0.5) is 5.69 Å². The summed E-state index contributed by atoms with van der Waals surface area (Å²) in [5, 5.41) is 10.7. The molecule has 0 unspecified atom stereocenters. The molecule has 0 spiro atoms. The summed E-state index contributed by atoms with van der Waals surface area (Å²) >= 11 is 0. The molecule has 2 rings (SSSR count). The van der Waals surface area contributed by atoms with Crippen molar-refractivity contribution in [1.82, 2.24) is 0 Å². The van der Waals surface area contributed by atoms with Crippen LogP contribution in [0.25, 0.3) is 0 Å². The maximum Gasteiger partial charge on any atom is 0.272 e. The van der Waals surface area contributed by atoms with E-state index in [4.69, 9.17) is 5.73 Å². The molecule has 0 bridgehead atoms. The second-order valence-electron chi connectivity index (χ2n) is 5.13. The van der Waals surface area contributed by atoms with Crippen LogP contribution in [-0.2, 0) is 0 Å². The molecule has 0 saturated heterocycles. The third-order valence-electron chi connectivity index (χ3n) is 3.69. The number of nitrogens with two attached hydrogens (primary N) is 1. The highest BCUT2D eigenvalue weighted by Crippen LogP contribution is 2.57. The van der Waals surface area contributed by atoms with Gasteiger partial charge in [0.05, 0.1) is 4.92 Å². The molecule has 4 heteroatoms. The molecule has 86 valence electrons.